The van der Waals surface area contributed by atoms with E-state index in [-0.39, 0.29) is 11.4 Å². The minimum atomic E-state index is -0.486. The highest BCUT2D eigenvalue weighted by Crippen LogP contribution is 2.49. The molecule has 0 amide bonds. The second kappa shape index (κ2) is 3.92. The Labute approximate surface area is 78.9 Å². The number of allylic oxidation sites excluding steroid dienone is 1. The second-order valence-electron chi connectivity index (χ2n) is 3.54. The molecule has 74 valence electrons. The Morgan fingerprint density at radius 1 is 1.69 bits per heavy atom. The zero-order valence-electron chi connectivity index (χ0n) is 8.25. The van der Waals surface area contributed by atoms with Crippen molar-refractivity contribution in [3.05, 3.63) is 12.2 Å². The standard InChI is InChI=1S/C10H17NO2/c1-3-4-5-10(6-7-10)8(11)9(12)13-2/h4-5,8H,3,6-7,11H2,1-2H3/b5-4-. The van der Waals surface area contributed by atoms with E-state index in [1.165, 1.54) is 7.11 Å². The van der Waals surface area contributed by atoms with Gasteiger partial charge in [-0.15, -0.1) is 0 Å². The third kappa shape index (κ3) is 2.10. The van der Waals surface area contributed by atoms with Crippen LogP contribution in [0.5, 0.6) is 0 Å². The predicted molar refractivity (Wildman–Crippen MR) is 51.1 cm³/mol. The van der Waals surface area contributed by atoms with Gasteiger partial charge in [-0.05, 0) is 19.3 Å². The van der Waals surface area contributed by atoms with E-state index >= 15 is 0 Å². The zero-order valence-corrected chi connectivity index (χ0v) is 8.25. The zero-order chi connectivity index (χ0) is 9.90. The smallest absolute Gasteiger partial charge is 0.323 e. The Morgan fingerprint density at radius 3 is 2.69 bits per heavy atom. The third-order valence-electron chi connectivity index (χ3n) is 2.59. The molecule has 0 aromatic rings. The lowest BCUT2D eigenvalue weighted by Crippen LogP contribution is -2.39. The number of ether oxygens (including phenoxy) is 1. The summed E-state index contributed by atoms with van der Waals surface area (Å²) in [7, 11) is 1.38. The molecule has 0 saturated heterocycles. The Hall–Kier alpha value is -0.830. The molecule has 0 heterocycles. The van der Waals surface area contributed by atoms with Crippen LogP contribution in [-0.4, -0.2) is 19.1 Å². The number of nitrogens with two attached hydrogens (primary N) is 1. The van der Waals surface area contributed by atoms with Crippen LogP contribution >= 0.6 is 0 Å². The molecule has 1 saturated carbocycles. The van der Waals surface area contributed by atoms with Gasteiger partial charge in [0.05, 0.1) is 7.11 Å². The Kier molecular flexibility index (Phi) is 3.09. The molecular formula is C10H17NO2. The van der Waals surface area contributed by atoms with Crippen LogP contribution in [0.15, 0.2) is 12.2 Å². The van der Waals surface area contributed by atoms with Gasteiger partial charge in [0.1, 0.15) is 6.04 Å². The van der Waals surface area contributed by atoms with Crippen LogP contribution in [0.4, 0.5) is 0 Å². The van der Waals surface area contributed by atoms with Gasteiger partial charge in [-0.1, -0.05) is 19.1 Å². The van der Waals surface area contributed by atoms with Crippen molar-refractivity contribution in [1.29, 1.82) is 0 Å². The number of esters is 1. The summed E-state index contributed by atoms with van der Waals surface area (Å²) in [5.74, 6) is -0.307. The first-order chi connectivity index (χ1) is 6.16. The SMILES string of the molecule is CC/C=C\C1(C(N)C(=O)OC)CC1. The number of carbonyl (C=O) groups excluding carboxylic acids is 1. The Bertz CT molecular complexity index is 219. The van der Waals surface area contributed by atoms with Gasteiger partial charge < -0.3 is 10.5 Å². The molecule has 0 aliphatic heterocycles. The van der Waals surface area contributed by atoms with Gasteiger partial charge in [0.25, 0.3) is 0 Å². The van der Waals surface area contributed by atoms with Crippen molar-refractivity contribution in [2.75, 3.05) is 7.11 Å². The van der Waals surface area contributed by atoms with E-state index in [1.54, 1.807) is 0 Å². The molecule has 1 aliphatic carbocycles. The molecular weight excluding hydrogens is 166 g/mol. The van der Waals surface area contributed by atoms with Crippen molar-refractivity contribution in [2.45, 2.75) is 32.2 Å². The van der Waals surface area contributed by atoms with E-state index in [0.717, 1.165) is 19.3 Å². The van der Waals surface area contributed by atoms with Crippen molar-refractivity contribution in [3.8, 4) is 0 Å². The lowest BCUT2D eigenvalue weighted by atomic mass is 9.96. The van der Waals surface area contributed by atoms with E-state index in [2.05, 4.69) is 23.8 Å². The normalized spacial score (nSPS) is 21.5. The maximum absolute atomic E-state index is 11.2. The molecule has 0 radical (unpaired) electrons. The average molecular weight is 183 g/mol. The second-order valence-corrected chi connectivity index (χ2v) is 3.54. The first kappa shape index (κ1) is 10.3. The van der Waals surface area contributed by atoms with Crippen LogP contribution in [0.1, 0.15) is 26.2 Å². The number of rotatable bonds is 4. The van der Waals surface area contributed by atoms with Crippen LogP contribution in [0.3, 0.4) is 0 Å². The summed E-state index contributed by atoms with van der Waals surface area (Å²) in [5.41, 5.74) is 5.69. The molecule has 1 aliphatic rings. The molecule has 0 aromatic heterocycles. The highest BCUT2D eigenvalue weighted by atomic mass is 16.5. The van der Waals surface area contributed by atoms with E-state index < -0.39 is 6.04 Å². The van der Waals surface area contributed by atoms with Crippen LogP contribution in [-0.2, 0) is 9.53 Å². The summed E-state index contributed by atoms with van der Waals surface area (Å²) in [6, 6.07) is -0.486. The molecule has 3 nitrogen and oxygen atoms in total. The van der Waals surface area contributed by atoms with Crippen LogP contribution in [0, 0.1) is 5.41 Å². The highest BCUT2D eigenvalue weighted by Gasteiger charge is 2.49. The summed E-state index contributed by atoms with van der Waals surface area (Å²) >= 11 is 0. The van der Waals surface area contributed by atoms with Gasteiger partial charge in [-0.25, -0.2) is 0 Å². The van der Waals surface area contributed by atoms with Crippen LogP contribution in [0.25, 0.3) is 0 Å². The maximum Gasteiger partial charge on any atom is 0.323 e. The minimum Gasteiger partial charge on any atom is -0.468 e. The molecule has 1 atom stereocenters. The predicted octanol–water partition coefficient (Wildman–Crippen LogP) is 1.23. The van der Waals surface area contributed by atoms with Gasteiger partial charge in [0.2, 0.25) is 0 Å². The van der Waals surface area contributed by atoms with Gasteiger partial charge in [-0.2, -0.15) is 0 Å². The monoisotopic (exact) mass is 183 g/mol. The van der Waals surface area contributed by atoms with Crippen molar-refractivity contribution in [2.24, 2.45) is 11.1 Å². The van der Waals surface area contributed by atoms with E-state index in [9.17, 15) is 4.79 Å². The summed E-state index contributed by atoms with van der Waals surface area (Å²) in [5, 5.41) is 0. The maximum atomic E-state index is 11.2. The van der Waals surface area contributed by atoms with Crippen LogP contribution in [0.2, 0.25) is 0 Å². The Morgan fingerprint density at radius 2 is 2.31 bits per heavy atom. The number of carbonyl (C=O) groups is 1. The first-order valence-corrected chi connectivity index (χ1v) is 4.67. The summed E-state index contributed by atoms with van der Waals surface area (Å²) in [4.78, 5) is 11.2. The van der Waals surface area contributed by atoms with E-state index in [4.69, 9.17) is 5.73 Å². The van der Waals surface area contributed by atoms with E-state index in [0.29, 0.717) is 0 Å². The molecule has 3 heteroatoms. The fraction of sp³-hybridized carbons (Fsp3) is 0.700. The summed E-state index contributed by atoms with van der Waals surface area (Å²) in [6.07, 6.45) is 7.11. The quantitative estimate of drug-likeness (QED) is 0.527. The molecule has 1 fully saturated rings. The fourth-order valence-corrected chi connectivity index (χ4v) is 1.44. The van der Waals surface area contributed by atoms with Crippen molar-refractivity contribution < 1.29 is 9.53 Å². The summed E-state index contributed by atoms with van der Waals surface area (Å²) in [6.45, 7) is 2.07. The molecule has 2 N–H and O–H groups in total. The molecule has 0 aromatic carbocycles. The van der Waals surface area contributed by atoms with E-state index in [1.807, 2.05) is 0 Å². The van der Waals surface area contributed by atoms with Crippen LogP contribution < -0.4 is 5.73 Å². The number of hydrogen-bond acceptors (Lipinski definition) is 3. The lowest BCUT2D eigenvalue weighted by molar-refractivity contribution is -0.143. The average Bonchev–Trinajstić information content (AvgIpc) is 2.93. The van der Waals surface area contributed by atoms with Gasteiger partial charge in [0.15, 0.2) is 0 Å². The molecule has 0 spiro atoms. The van der Waals surface area contributed by atoms with Crippen molar-refractivity contribution >= 4 is 5.97 Å². The number of methoxy groups -OCH3 is 1. The topological polar surface area (TPSA) is 52.3 Å². The summed E-state index contributed by atoms with van der Waals surface area (Å²) < 4.78 is 4.62. The van der Waals surface area contributed by atoms with Gasteiger partial charge in [0, 0.05) is 5.41 Å². The Balaban J connectivity index is 2.59. The van der Waals surface area contributed by atoms with Gasteiger partial charge in [-0.3, -0.25) is 4.79 Å². The molecule has 13 heavy (non-hydrogen) atoms. The number of hydrogen-bond donors (Lipinski definition) is 1. The minimum absolute atomic E-state index is 0.0941. The molecule has 0 bridgehead atoms. The third-order valence-corrected chi connectivity index (χ3v) is 2.59. The van der Waals surface area contributed by atoms with Gasteiger partial charge >= 0.3 is 5.97 Å². The molecule has 1 unspecified atom stereocenters. The lowest BCUT2D eigenvalue weighted by Gasteiger charge is -2.16. The largest absolute Gasteiger partial charge is 0.468 e. The molecule has 1 rings (SSSR count). The highest BCUT2D eigenvalue weighted by molar-refractivity contribution is 5.77. The first-order valence-electron chi connectivity index (χ1n) is 4.67. The fourth-order valence-electron chi connectivity index (χ4n) is 1.44. The van der Waals surface area contributed by atoms with Crippen molar-refractivity contribution in [1.82, 2.24) is 0 Å². The van der Waals surface area contributed by atoms with Crippen molar-refractivity contribution in [3.63, 3.8) is 0 Å².